The van der Waals surface area contributed by atoms with Gasteiger partial charge in [0.25, 0.3) is 5.89 Å². The van der Waals surface area contributed by atoms with Crippen molar-refractivity contribution in [3.05, 3.63) is 48.0 Å². The highest BCUT2D eigenvalue weighted by Crippen LogP contribution is 2.28. The lowest BCUT2D eigenvalue weighted by Crippen LogP contribution is -1.82. The highest BCUT2D eigenvalue weighted by Gasteiger charge is 2.12. The number of aromatic nitrogens is 2. The Morgan fingerprint density at radius 3 is 2.40 bits per heavy atom. The van der Waals surface area contributed by atoms with Crippen LogP contribution in [0.25, 0.3) is 22.8 Å². The molecule has 2 N–H and O–H groups in total. The van der Waals surface area contributed by atoms with E-state index in [1.165, 1.54) is 18.2 Å². The van der Waals surface area contributed by atoms with Crippen LogP contribution in [0.4, 0.5) is 0 Å². The number of hydrogen-bond acceptors (Lipinski definition) is 5. The second-order valence-electron chi connectivity index (χ2n) is 4.53. The SMILES string of the molecule is Cc1cccc(-c2noc(-c3cc(O)cc(O)c3)n2)c1. The summed E-state index contributed by atoms with van der Waals surface area (Å²) < 4.78 is 5.17. The van der Waals surface area contributed by atoms with Gasteiger partial charge in [0.1, 0.15) is 11.5 Å². The fraction of sp³-hybridized carbons (Fsp3) is 0.0667. The number of aryl methyl sites for hydroxylation is 1. The predicted octanol–water partition coefficient (Wildman–Crippen LogP) is 3.12. The molecule has 3 aromatic rings. The van der Waals surface area contributed by atoms with Crippen molar-refractivity contribution in [2.24, 2.45) is 0 Å². The molecule has 0 fully saturated rings. The Hall–Kier alpha value is -2.82. The van der Waals surface area contributed by atoms with Crippen LogP contribution in [0.1, 0.15) is 5.56 Å². The minimum absolute atomic E-state index is 0.0599. The summed E-state index contributed by atoms with van der Waals surface area (Å²) >= 11 is 0. The molecule has 0 unspecified atom stereocenters. The Morgan fingerprint density at radius 1 is 0.950 bits per heavy atom. The van der Waals surface area contributed by atoms with Crippen LogP contribution in [0.2, 0.25) is 0 Å². The Balaban J connectivity index is 2.02. The molecule has 1 aromatic heterocycles. The van der Waals surface area contributed by atoms with Gasteiger partial charge in [0.2, 0.25) is 5.82 Å². The zero-order chi connectivity index (χ0) is 14.1. The quantitative estimate of drug-likeness (QED) is 0.746. The number of nitrogens with zero attached hydrogens (tertiary/aromatic N) is 2. The Kier molecular flexibility index (Phi) is 2.87. The van der Waals surface area contributed by atoms with Crippen molar-refractivity contribution in [2.75, 3.05) is 0 Å². The predicted molar refractivity (Wildman–Crippen MR) is 73.2 cm³/mol. The first kappa shape index (κ1) is 12.2. The van der Waals surface area contributed by atoms with Crippen molar-refractivity contribution in [3.63, 3.8) is 0 Å². The first-order valence-electron chi connectivity index (χ1n) is 6.06. The minimum Gasteiger partial charge on any atom is -0.508 e. The maximum absolute atomic E-state index is 9.47. The van der Waals surface area contributed by atoms with Crippen molar-refractivity contribution in [1.29, 1.82) is 0 Å². The summed E-state index contributed by atoms with van der Waals surface area (Å²) in [5.41, 5.74) is 2.42. The molecular weight excluding hydrogens is 256 g/mol. The molecule has 5 heteroatoms. The van der Waals surface area contributed by atoms with Gasteiger partial charge in [-0.05, 0) is 25.1 Å². The molecule has 0 aliphatic rings. The zero-order valence-corrected chi connectivity index (χ0v) is 10.7. The van der Waals surface area contributed by atoms with E-state index < -0.39 is 0 Å². The molecular formula is C15H12N2O3. The van der Waals surface area contributed by atoms with Gasteiger partial charge < -0.3 is 14.7 Å². The standard InChI is InChI=1S/C15H12N2O3/c1-9-3-2-4-10(5-9)14-16-15(20-17-14)11-6-12(18)8-13(19)7-11/h2-8,18-19H,1H3. The lowest BCUT2D eigenvalue weighted by atomic mass is 10.1. The first-order valence-corrected chi connectivity index (χ1v) is 6.06. The maximum Gasteiger partial charge on any atom is 0.258 e. The van der Waals surface area contributed by atoms with E-state index in [1.807, 2.05) is 31.2 Å². The van der Waals surface area contributed by atoms with Crippen LogP contribution in [0.15, 0.2) is 47.0 Å². The normalized spacial score (nSPS) is 10.7. The van der Waals surface area contributed by atoms with Crippen LogP contribution in [0, 0.1) is 6.92 Å². The second kappa shape index (κ2) is 4.70. The molecule has 0 bridgehead atoms. The van der Waals surface area contributed by atoms with E-state index in [0.29, 0.717) is 11.4 Å². The molecule has 2 aromatic carbocycles. The molecule has 0 amide bonds. The minimum atomic E-state index is -0.0599. The van der Waals surface area contributed by atoms with Crippen LogP contribution >= 0.6 is 0 Å². The molecule has 0 atom stereocenters. The van der Waals surface area contributed by atoms with Gasteiger partial charge >= 0.3 is 0 Å². The molecule has 0 saturated heterocycles. The summed E-state index contributed by atoms with van der Waals surface area (Å²) in [5, 5.41) is 22.8. The van der Waals surface area contributed by atoms with Crippen LogP contribution in [-0.2, 0) is 0 Å². The summed E-state index contributed by atoms with van der Waals surface area (Å²) in [6.07, 6.45) is 0. The second-order valence-corrected chi connectivity index (χ2v) is 4.53. The molecule has 1 heterocycles. The number of benzene rings is 2. The summed E-state index contributed by atoms with van der Waals surface area (Å²) in [6, 6.07) is 11.9. The molecule has 0 spiro atoms. The number of hydrogen-bond donors (Lipinski definition) is 2. The van der Waals surface area contributed by atoms with Gasteiger partial charge in [0, 0.05) is 17.2 Å². The van der Waals surface area contributed by atoms with E-state index >= 15 is 0 Å². The molecule has 3 rings (SSSR count). The maximum atomic E-state index is 9.47. The summed E-state index contributed by atoms with van der Waals surface area (Å²) in [6.45, 7) is 1.98. The number of aromatic hydroxyl groups is 2. The number of rotatable bonds is 2. The summed E-state index contributed by atoms with van der Waals surface area (Å²) in [7, 11) is 0. The average molecular weight is 268 g/mol. The van der Waals surface area contributed by atoms with Gasteiger partial charge in [-0.25, -0.2) is 0 Å². The number of phenols is 2. The van der Waals surface area contributed by atoms with E-state index in [0.717, 1.165) is 11.1 Å². The first-order chi connectivity index (χ1) is 9.61. The van der Waals surface area contributed by atoms with E-state index in [1.54, 1.807) is 0 Å². The van der Waals surface area contributed by atoms with Crippen LogP contribution < -0.4 is 0 Å². The highest BCUT2D eigenvalue weighted by molar-refractivity contribution is 5.62. The highest BCUT2D eigenvalue weighted by atomic mass is 16.5. The average Bonchev–Trinajstić information content (AvgIpc) is 2.87. The molecule has 0 radical (unpaired) electrons. The van der Waals surface area contributed by atoms with Gasteiger partial charge in [-0.2, -0.15) is 4.98 Å². The summed E-state index contributed by atoms with van der Waals surface area (Å²) in [5.74, 6) is 0.588. The Morgan fingerprint density at radius 2 is 1.70 bits per heavy atom. The largest absolute Gasteiger partial charge is 0.508 e. The monoisotopic (exact) mass is 268 g/mol. The van der Waals surface area contributed by atoms with Gasteiger partial charge in [0.15, 0.2) is 0 Å². The van der Waals surface area contributed by atoms with Gasteiger partial charge in [-0.3, -0.25) is 0 Å². The van der Waals surface area contributed by atoms with Crippen molar-refractivity contribution in [2.45, 2.75) is 6.92 Å². The number of phenolic OH excluding ortho intramolecular Hbond substituents is 2. The Bertz CT molecular complexity index is 745. The van der Waals surface area contributed by atoms with E-state index in [2.05, 4.69) is 10.1 Å². The van der Waals surface area contributed by atoms with Crippen LogP contribution in [-0.4, -0.2) is 20.4 Å². The third-order valence-electron chi connectivity index (χ3n) is 2.85. The smallest absolute Gasteiger partial charge is 0.258 e. The molecule has 0 saturated carbocycles. The van der Waals surface area contributed by atoms with Crippen molar-refractivity contribution in [1.82, 2.24) is 10.1 Å². The van der Waals surface area contributed by atoms with Crippen molar-refractivity contribution in [3.8, 4) is 34.3 Å². The third kappa shape index (κ3) is 2.33. The molecule has 0 aliphatic carbocycles. The van der Waals surface area contributed by atoms with Gasteiger partial charge in [0.05, 0.1) is 0 Å². The topological polar surface area (TPSA) is 79.4 Å². The molecule has 100 valence electrons. The van der Waals surface area contributed by atoms with Crippen molar-refractivity contribution < 1.29 is 14.7 Å². The van der Waals surface area contributed by atoms with Gasteiger partial charge in [-0.15, -0.1) is 0 Å². The van der Waals surface area contributed by atoms with E-state index in [4.69, 9.17) is 4.52 Å². The zero-order valence-electron chi connectivity index (χ0n) is 10.7. The molecule has 20 heavy (non-hydrogen) atoms. The lowest BCUT2D eigenvalue weighted by molar-refractivity contribution is 0.428. The Labute approximate surface area is 115 Å². The van der Waals surface area contributed by atoms with E-state index in [-0.39, 0.29) is 17.4 Å². The summed E-state index contributed by atoms with van der Waals surface area (Å²) in [4.78, 5) is 4.27. The third-order valence-corrected chi connectivity index (χ3v) is 2.85. The van der Waals surface area contributed by atoms with Crippen LogP contribution in [0.5, 0.6) is 11.5 Å². The molecule has 5 nitrogen and oxygen atoms in total. The lowest BCUT2D eigenvalue weighted by Gasteiger charge is -1.98. The van der Waals surface area contributed by atoms with Crippen molar-refractivity contribution >= 4 is 0 Å². The van der Waals surface area contributed by atoms with Gasteiger partial charge in [-0.1, -0.05) is 28.9 Å². The van der Waals surface area contributed by atoms with Crippen LogP contribution in [0.3, 0.4) is 0 Å². The fourth-order valence-corrected chi connectivity index (χ4v) is 1.96. The van der Waals surface area contributed by atoms with E-state index in [9.17, 15) is 10.2 Å². The molecule has 0 aliphatic heterocycles. The fourth-order valence-electron chi connectivity index (χ4n) is 1.96.